The first kappa shape index (κ1) is 19.2. The topological polar surface area (TPSA) is 55.2 Å². The molecule has 0 aliphatic carbocycles. The van der Waals surface area contributed by atoms with Crippen molar-refractivity contribution in [1.82, 2.24) is 9.55 Å². The summed E-state index contributed by atoms with van der Waals surface area (Å²) < 4.78 is 1.75. The lowest BCUT2D eigenvalue weighted by atomic mass is 9.96. The number of carbonyl (C=O) groups excluding carboxylic acids is 1. The normalized spacial score (nSPS) is 15.5. The second kappa shape index (κ2) is 7.84. The summed E-state index contributed by atoms with van der Waals surface area (Å²) >= 11 is 0. The molecule has 4 aromatic rings. The minimum absolute atomic E-state index is 0.0400. The van der Waals surface area contributed by atoms with Gasteiger partial charge < -0.3 is 4.90 Å². The highest BCUT2D eigenvalue weighted by atomic mass is 16.2. The summed E-state index contributed by atoms with van der Waals surface area (Å²) in [5.74, 6) is 0.360. The Labute approximate surface area is 180 Å². The van der Waals surface area contributed by atoms with Gasteiger partial charge in [-0.25, -0.2) is 4.98 Å². The van der Waals surface area contributed by atoms with Crippen molar-refractivity contribution in [3.05, 3.63) is 106 Å². The molecule has 1 aliphatic heterocycles. The van der Waals surface area contributed by atoms with E-state index in [0.29, 0.717) is 29.7 Å². The van der Waals surface area contributed by atoms with Gasteiger partial charge in [0.15, 0.2) is 0 Å². The molecule has 0 saturated carbocycles. The number of hydrogen-bond acceptors (Lipinski definition) is 3. The van der Waals surface area contributed by atoms with Crippen LogP contribution < -0.4 is 10.5 Å². The predicted octanol–water partition coefficient (Wildman–Crippen LogP) is 3.94. The van der Waals surface area contributed by atoms with E-state index in [1.165, 1.54) is 0 Å². The molecule has 5 heteroatoms. The number of likely N-dealkylation sites (N-methyl/N-ethyl adjacent to an activating group) is 1. The molecule has 0 unspecified atom stereocenters. The van der Waals surface area contributed by atoms with Crippen molar-refractivity contribution >= 4 is 22.5 Å². The van der Waals surface area contributed by atoms with Crippen LogP contribution in [0.1, 0.15) is 22.9 Å². The molecule has 154 valence electrons. The number of benzene rings is 3. The van der Waals surface area contributed by atoms with Gasteiger partial charge in [-0.15, -0.1) is 0 Å². The number of nitrogens with zero attached hydrogens (tertiary/aromatic N) is 3. The van der Waals surface area contributed by atoms with Crippen molar-refractivity contribution in [3.8, 4) is 0 Å². The Hall–Kier alpha value is -3.73. The lowest BCUT2D eigenvalue weighted by molar-refractivity contribution is -0.119. The molecule has 31 heavy (non-hydrogen) atoms. The molecule has 3 aromatic carbocycles. The van der Waals surface area contributed by atoms with Crippen LogP contribution in [0.2, 0.25) is 0 Å². The van der Waals surface area contributed by atoms with Gasteiger partial charge >= 0.3 is 0 Å². The third-order valence-corrected chi connectivity index (χ3v) is 6.10. The maximum atomic E-state index is 13.4. The maximum absolute atomic E-state index is 13.4. The zero-order chi connectivity index (χ0) is 21.4. The monoisotopic (exact) mass is 409 g/mol. The van der Waals surface area contributed by atoms with Crippen LogP contribution >= 0.6 is 0 Å². The van der Waals surface area contributed by atoms with Crippen LogP contribution in [0.15, 0.2) is 83.7 Å². The second-order valence-corrected chi connectivity index (χ2v) is 7.95. The molecular formula is C26H23N3O2. The summed E-state index contributed by atoms with van der Waals surface area (Å²) in [6.07, 6.45) is 1.12. The largest absolute Gasteiger partial charge is 0.315 e. The third kappa shape index (κ3) is 3.42. The summed E-state index contributed by atoms with van der Waals surface area (Å²) in [6, 6.07) is 25.4. The first-order valence-electron chi connectivity index (χ1n) is 10.5. The van der Waals surface area contributed by atoms with E-state index in [1.807, 2.05) is 66.7 Å². The van der Waals surface area contributed by atoms with Gasteiger partial charge in [0.25, 0.3) is 5.56 Å². The lowest BCUT2D eigenvalue weighted by Crippen LogP contribution is -2.30. The van der Waals surface area contributed by atoms with Crippen LogP contribution in [0.25, 0.3) is 10.9 Å². The summed E-state index contributed by atoms with van der Waals surface area (Å²) in [6.45, 7) is 0.522. The van der Waals surface area contributed by atoms with Gasteiger partial charge in [-0.1, -0.05) is 60.7 Å². The average Bonchev–Trinajstić information content (AvgIpc) is 3.04. The molecule has 0 fully saturated rings. The van der Waals surface area contributed by atoms with E-state index in [9.17, 15) is 9.59 Å². The molecule has 0 bridgehead atoms. The Morgan fingerprint density at radius 2 is 1.58 bits per heavy atom. The van der Waals surface area contributed by atoms with Gasteiger partial charge in [-0.05, 0) is 35.7 Å². The van der Waals surface area contributed by atoms with Crippen molar-refractivity contribution in [2.45, 2.75) is 25.3 Å². The van der Waals surface area contributed by atoms with Crippen LogP contribution in [0.4, 0.5) is 5.69 Å². The molecule has 1 aliphatic rings. The Morgan fingerprint density at radius 3 is 2.42 bits per heavy atom. The zero-order valence-corrected chi connectivity index (χ0v) is 17.4. The molecular weight excluding hydrogens is 386 g/mol. The highest BCUT2D eigenvalue weighted by molar-refractivity contribution is 6.04. The molecule has 5 rings (SSSR count). The molecule has 2 heterocycles. The number of amides is 1. The fourth-order valence-corrected chi connectivity index (χ4v) is 4.44. The Balaban J connectivity index is 1.57. The van der Waals surface area contributed by atoms with E-state index in [2.05, 4.69) is 12.1 Å². The standard InChI is InChI=1S/C26H23N3O2/c1-28-23-14-8-6-11-19(23)21(25(28)30)17-24-27-22-13-7-5-12-20(22)26(31)29(24)16-15-18-9-3-2-4-10-18/h2-14,21H,15-17H2,1H3/t21-/m0/s1. The first-order valence-corrected chi connectivity index (χ1v) is 10.5. The van der Waals surface area contributed by atoms with Gasteiger partial charge in [0.1, 0.15) is 5.82 Å². The summed E-state index contributed by atoms with van der Waals surface area (Å²) in [7, 11) is 1.80. The van der Waals surface area contributed by atoms with E-state index in [1.54, 1.807) is 16.5 Å². The molecule has 1 amide bonds. The first-order chi connectivity index (χ1) is 15.1. The average molecular weight is 409 g/mol. The molecule has 0 spiro atoms. The Morgan fingerprint density at radius 1 is 0.871 bits per heavy atom. The van der Waals surface area contributed by atoms with E-state index >= 15 is 0 Å². The lowest BCUT2D eigenvalue weighted by Gasteiger charge is -2.16. The highest BCUT2D eigenvalue weighted by Crippen LogP contribution is 2.37. The fourth-order valence-electron chi connectivity index (χ4n) is 4.44. The molecule has 5 nitrogen and oxygen atoms in total. The zero-order valence-electron chi connectivity index (χ0n) is 17.4. The predicted molar refractivity (Wildman–Crippen MR) is 122 cm³/mol. The number of aromatic nitrogens is 2. The van der Waals surface area contributed by atoms with Crippen molar-refractivity contribution in [1.29, 1.82) is 0 Å². The minimum atomic E-state index is -0.336. The molecule has 0 N–H and O–H groups in total. The maximum Gasteiger partial charge on any atom is 0.261 e. The van der Waals surface area contributed by atoms with Crippen LogP contribution in [0.5, 0.6) is 0 Å². The number of para-hydroxylation sites is 2. The van der Waals surface area contributed by atoms with E-state index in [-0.39, 0.29) is 17.4 Å². The quantitative estimate of drug-likeness (QED) is 0.502. The molecule has 1 atom stereocenters. The molecule has 1 aromatic heterocycles. The summed E-state index contributed by atoms with van der Waals surface area (Å²) in [5.41, 5.74) is 3.70. The fraction of sp³-hybridized carbons (Fsp3) is 0.192. The number of anilines is 1. The van der Waals surface area contributed by atoms with E-state index < -0.39 is 0 Å². The van der Waals surface area contributed by atoms with E-state index in [0.717, 1.165) is 23.2 Å². The highest BCUT2D eigenvalue weighted by Gasteiger charge is 2.35. The number of aryl methyl sites for hydroxylation is 1. The molecule has 0 saturated heterocycles. The van der Waals surface area contributed by atoms with Crippen LogP contribution in [0.3, 0.4) is 0 Å². The summed E-state index contributed by atoms with van der Waals surface area (Å²) in [5, 5.41) is 0.606. The van der Waals surface area contributed by atoms with Gasteiger partial charge in [0.05, 0.1) is 16.8 Å². The number of hydrogen-bond donors (Lipinski definition) is 0. The number of rotatable bonds is 5. The minimum Gasteiger partial charge on any atom is -0.315 e. The second-order valence-electron chi connectivity index (χ2n) is 7.95. The van der Waals surface area contributed by atoms with Crippen molar-refractivity contribution in [3.63, 3.8) is 0 Å². The van der Waals surface area contributed by atoms with Crippen LogP contribution in [-0.2, 0) is 24.2 Å². The van der Waals surface area contributed by atoms with Crippen molar-refractivity contribution in [2.24, 2.45) is 0 Å². The molecule has 0 radical (unpaired) electrons. The smallest absolute Gasteiger partial charge is 0.261 e. The summed E-state index contributed by atoms with van der Waals surface area (Å²) in [4.78, 5) is 32.9. The Bertz CT molecular complexity index is 1330. The van der Waals surface area contributed by atoms with Crippen molar-refractivity contribution < 1.29 is 4.79 Å². The van der Waals surface area contributed by atoms with E-state index in [4.69, 9.17) is 4.98 Å². The van der Waals surface area contributed by atoms with Crippen LogP contribution in [-0.4, -0.2) is 22.5 Å². The van der Waals surface area contributed by atoms with Crippen LogP contribution in [0, 0.1) is 0 Å². The van der Waals surface area contributed by atoms with Gasteiger partial charge in [0.2, 0.25) is 5.91 Å². The third-order valence-electron chi connectivity index (χ3n) is 6.10. The van der Waals surface area contributed by atoms with Gasteiger partial charge in [-0.3, -0.25) is 14.2 Å². The van der Waals surface area contributed by atoms with Gasteiger partial charge in [0, 0.05) is 25.7 Å². The van der Waals surface area contributed by atoms with Gasteiger partial charge in [-0.2, -0.15) is 0 Å². The number of fused-ring (bicyclic) bond motifs is 2. The van der Waals surface area contributed by atoms with Crippen molar-refractivity contribution in [2.75, 3.05) is 11.9 Å². The SMILES string of the molecule is CN1C(=O)[C@@H](Cc2nc3ccccc3c(=O)n2CCc2ccccc2)c2ccccc21. The Kier molecular flexibility index (Phi) is 4.86. The number of carbonyl (C=O) groups is 1.